The van der Waals surface area contributed by atoms with E-state index in [2.05, 4.69) is 51.6 Å². The predicted molar refractivity (Wildman–Crippen MR) is 127 cm³/mol. The topological polar surface area (TPSA) is 35.5 Å². The summed E-state index contributed by atoms with van der Waals surface area (Å²) < 4.78 is 12.6. The Morgan fingerprint density at radius 2 is 1.53 bits per heavy atom. The van der Waals surface area contributed by atoms with E-state index >= 15 is 0 Å². The quantitative estimate of drug-likeness (QED) is 0.201. The van der Waals surface area contributed by atoms with E-state index in [0.29, 0.717) is 12.0 Å². The fraction of sp³-hybridized carbons (Fsp3) is 0.423. The highest BCUT2D eigenvalue weighted by atomic mass is 28.4. The summed E-state index contributed by atoms with van der Waals surface area (Å²) in [6, 6.07) is 22.9. The van der Waals surface area contributed by atoms with Gasteiger partial charge in [0.25, 0.3) is 0 Å². The van der Waals surface area contributed by atoms with Crippen molar-refractivity contribution in [1.29, 1.82) is 0 Å². The zero-order valence-corrected chi connectivity index (χ0v) is 19.7. The molecule has 0 aromatic heterocycles. The van der Waals surface area contributed by atoms with E-state index in [1.165, 1.54) is 5.56 Å². The van der Waals surface area contributed by atoms with Gasteiger partial charge in [0.05, 0.1) is 5.56 Å². The Kier molecular flexibility index (Phi) is 10.0. The second-order valence-corrected chi connectivity index (χ2v) is 12.5. The lowest BCUT2D eigenvalue weighted by molar-refractivity contribution is 0.0280. The van der Waals surface area contributed by atoms with Crippen LogP contribution in [0.5, 0.6) is 0 Å². The Balaban J connectivity index is 2.10. The number of aryl methyl sites for hydroxylation is 1. The van der Waals surface area contributed by atoms with Crippen LogP contribution >= 0.6 is 0 Å². The molecule has 4 heteroatoms. The summed E-state index contributed by atoms with van der Waals surface area (Å²) in [5.41, 5.74) is 1.87. The van der Waals surface area contributed by atoms with Gasteiger partial charge in [0.2, 0.25) is 0 Å². The third-order valence-corrected chi connectivity index (χ3v) is 10.7. The smallest absolute Gasteiger partial charge is 0.338 e. The van der Waals surface area contributed by atoms with Crippen LogP contribution < -0.4 is 0 Å². The number of rotatable bonds is 13. The fourth-order valence-electron chi connectivity index (χ4n) is 3.78. The third kappa shape index (κ3) is 7.26. The van der Waals surface area contributed by atoms with Crippen LogP contribution in [0, 0.1) is 0 Å². The van der Waals surface area contributed by atoms with Crippen LogP contribution in [-0.4, -0.2) is 26.5 Å². The van der Waals surface area contributed by atoms with Gasteiger partial charge in [-0.1, -0.05) is 82.0 Å². The standard InChI is InChI=1S/C26H36O3Si/c1-5-24(28-26(27)23-17-13-10-14-18-23)21-25(29-30(6-2,7-3)8-4)20-19-22-15-11-9-12-16-22/h5,9-18,24-25H,1,6-8,19-21H2,2-4H3/t24-,25-/m1/s1. The summed E-state index contributed by atoms with van der Waals surface area (Å²) in [7, 11) is -1.78. The Hall–Kier alpha value is -2.17. The minimum Gasteiger partial charge on any atom is -0.454 e. The average molecular weight is 425 g/mol. The van der Waals surface area contributed by atoms with Crippen molar-refractivity contribution in [2.75, 3.05) is 0 Å². The molecule has 30 heavy (non-hydrogen) atoms. The van der Waals surface area contributed by atoms with Gasteiger partial charge in [-0.05, 0) is 48.7 Å². The molecular weight excluding hydrogens is 388 g/mol. The van der Waals surface area contributed by atoms with Gasteiger partial charge >= 0.3 is 5.97 Å². The molecule has 2 aromatic carbocycles. The van der Waals surface area contributed by atoms with Crippen LogP contribution in [-0.2, 0) is 15.6 Å². The number of carbonyl (C=O) groups is 1. The Morgan fingerprint density at radius 1 is 0.967 bits per heavy atom. The van der Waals surface area contributed by atoms with E-state index in [4.69, 9.17) is 9.16 Å². The molecule has 0 aliphatic rings. The second kappa shape index (κ2) is 12.5. The largest absolute Gasteiger partial charge is 0.454 e. The molecule has 0 radical (unpaired) electrons. The highest BCUT2D eigenvalue weighted by Crippen LogP contribution is 2.27. The molecule has 0 unspecified atom stereocenters. The van der Waals surface area contributed by atoms with Gasteiger partial charge in [0.1, 0.15) is 6.10 Å². The number of ether oxygens (including phenoxy) is 1. The lowest BCUT2D eigenvalue weighted by Gasteiger charge is -2.34. The van der Waals surface area contributed by atoms with Crippen LogP contribution in [0.25, 0.3) is 0 Å². The first kappa shape index (κ1) is 24.1. The van der Waals surface area contributed by atoms with Crippen molar-refractivity contribution in [3.63, 3.8) is 0 Å². The molecule has 2 atom stereocenters. The predicted octanol–water partition coefficient (Wildman–Crippen LogP) is 6.81. The third-order valence-electron chi connectivity index (χ3n) is 5.97. The van der Waals surface area contributed by atoms with E-state index in [1.54, 1.807) is 18.2 Å². The number of benzene rings is 2. The van der Waals surface area contributed by atoms with Gasteiger partial charge in [0, 0.05) is 12.5 Å². The molecule has 2 aromatic rings. The SMILES string of the molecule is C=C[C@H](C[C@@H](CCc1ccccc1)O[Si](CC)(CC)CC)OC(=O)c1ccccc1. The van der Waals surface area contributed by atoms with Crippen molar-refractivity contribution in [1.82, 2.24) is 0 Å². The van der Waals surface area contributed by atoms with Crippen molar-refractivity contribution < 1.29 is 14.0 Å². The van der Waals surface area contributed by atoms with Gasteiger partial charge < -0.3 is 9.16 Å². The highest BCUT2D eigenvalue weighted by molar-refractivity contribution is 6.73. The van der Waals surface area contributed by atoms with E-state index in [1.807, 2.05) is 24.3 Å². The first-order valence-corrected chi connectivity index (χ1v) is 13.7. The lowest BCUT2D eigenvalue weighted by Crippen LogP contribution is -2.41. The lowest BCUT2D eigenvalue weighted by atomic mass is 10.0. The monoisotopic (exact) mass is 424 g/mol. The van der Waals surface area contributed by atoms with Crippen LogP contribution in [0.4, 0.5) is 0 Å². The van der Waals surface area contributed by atoms with Crippen molar-refractivity contribution in [2.24, 2.45) is 0 Å². The summed E-state index contributed by atoms with van der Waals surface area (Å²) in [6.45, 7) is 10.6. The molecule has 0 fully saturated rings. The van der Waals surface area contributed by atoms with Crippen LogP contribution in [0.3, 0.4) is 0 Å². The number of carbonyl (C=O) groups excluding carboxylic acids is 1. The summed E-state index contributed by atoms with van der Waals surface area (Å²) in [5.74, 6) is -0.313. The fourth-order valence-corrected chi connectivity index (χ4v) is 6.70. The van der Waals surface area contributed by atoms with E-state index in [-0.39, 0.29) is 18.2 Å². The van der Waals surface area contributed by atoms with Crippen molar-refractivity contribution >= 4 is 14.3 Å². The number of hydrogen-bond acceptors (Lipinski definition) is 3. The maximum absolute atomic E-state index is 12.5. The zero-order chi connectivity index (χ0) is 21.8. The summed E-state index contributed by atoms with van der Waals surface area (Å²) in [5, 5.41) is 0. The maximum Gasteiger partial charge on any atom is 0.338 e. The molecule has 2 rings (SSSR count). The van der Waals surface area contributed by atoms with Gasteiger partial charge in [-0.25, -0.2) is 4.79 Å². The molecular formula is C26H36O3Si. The van der Waals surface area contributed by atoms with Gasteiger partial charge in [-0.3, -0.25) is 0 Å². The molecule has 0 amide bonds. The van der Waals surface area contributed by atoms with E-state index < -0.39 is 8.32 Å². The normalized spacial score (nSPS) is 13.4. The molecule has 0 bridgehead atoms. The second-order valence-electron chi connectivity index (χ2n) is 7.79. The Labute approximate surface area is 183 Å². The van der Waals surface area contributed by atoms with Crippen LogP contribution in [0.15, 0.2) is 73.3 Å². The molecule has 0 spiro atoms. The maximum atomic E-state index is 12.5. The molecule has 3 nitrogen and oxygen atoms in total. The Bertz CT molecular complexity index is 748. The van der Waals surface area contributed by atoms with Crippen molar-refractivity contribution in [3.05, 3.63) is 84.4 Å². The molecule has 0 heterocycles. The van der Waals surface area contributed by atoms with E-state index in [9.17, 15) is 4.79 Å². The van der Waals surface area contributed by atoms with Crippen LogP contribution in [0.1, 0.15) is 49.5 Å². The first-order chi connectivity index (χ1) is 14.6. The number of esters is 1. The summed E-state index contributed by atoms with van der Waals surface area (Å²) in [4.78, 5) is 12.5. The minimum atomic E-state index is -1.78. The average Bonchev–Trinajstić information content (AvgIpc) is 2.81. The number of hydrogen-bond donors (Lipinski definition) is 0. The zero-order valence-electron chi connectivity index (χ0n) is 18.7. The van der Waals surface area contributed by atoms with Crippen molar-refractivity contribution in [3.8, 4) is 0 Å². The van der Waals surface area contributed by atoms with Gasteiger partial charge in [-0.15, -0.1) is 0 Å². The summed E-state index contributed by atoms with van der Waals surface area (Å²) in [6.07, 6.45) is 3.91. The summed E-state index contributed by atoms with van der Waals surface area (Å²) >= 11 is 0. The highest BCUT2D eigenvalue weighted by Gasteiger charge is 2.33. The van der Waals surface area contributed by atoms with Crippen molar-refractivity contribution in [2.45, 2.75) is 70.4 Å². The van der Waals surface area contributed by atoms with Crippen LogP contribution in [0.2, 0.25) is 18.1 Å². The molecule has 0 saturated carbocycles. The molecule has 0 saturated heterocycles. The Morgan fingerprint density at radius 3 is 2.07 bits per heavy atom. The van der Waals surface area contributed by atoms with Gasteiger partial charge in [-0.2, -0.15) is 0 Å². The minimum absolute atomic E-state index is 0.0447. The first-order valence-electron chi connectivity index (χ1n) is 11.2. The molecule has 0 aliphatic carbocycles. The van der Waals surface area contributed by atoms with Gasteiger partial charge in [0.15, 0.2) is 8.32 Å². The molecule has 162 valence electrons. The molecule has 0 aliphatic heterocycles. The van der Waals surface area contributed by atoms with E-state index in [0.717, 1.165) is 31.0 Å². The molecule has 0 N–H and O–H groups in total.